The summed E-state index contributed by atoms with van der Waals surface area (Å²) in [4.78, 5) is 0. The summed E-state index contributed by atoms with van der Waals surface area (Å²) in [6.07, 6.45) is 16.0. The van der Waals surface area contributed by atoms with Crippen molar-refractivity contribution < 1.29 is 9.47 Å². The van der Waals surface area contributed by atoms with E-state index in [1.165, 1.54) is 64.2 Å². The van der Waals surface area contributed by atoms with Crippen LogP contribution in [0.3, 0.4) is 0 Å². The third-order valence-electron chi connectivity index (χ3n) is 3.92. The molecule has 20 heavy (non-hydrogen) atoms. The molecule has 1 atom stereocenters. The maximum Gasteiger partial charge on any atom is 0.0572 e. The number of ether oxygens (including phenoxy) is 2. The molecule has 0 aliphatic rings. The van der Waals surface area contributed by atoms with E-state index in [1.807, 2.05) is 7.11 Å². The van der Waals surface area contributed by atoms with E-state index in [0.717, 1.165) is 26.1 Å². The van der Waals surface area contributed by atoms with Gasteiger partial charge >= 0.3 is 0 Å². The highest BCUT2D eigenvalue weighted by molar-refractivity contribution is 4.58. The quantitative estimate of drug-likeness (QED) is 0.337. The van der Waals surface area contributed by atoms with Gasteiger partial charge in [-0.3, -0.25) is 0 Å². The topological polar surface area (TPSA) is 18.5 Å². The van der Waals surface area contributed by atoms with Crippen LogP contribution in [0.1, 0.15) is 90.9 Å². The zero-order valence-corrected chi connectivity index (χ0v) is 14.3. The fourth-order valence-electron chi connectivity index (χ4n) is 2.47. The fourth-order valence-corrected chi connectivity index (χ4v) is 2.47. The molecular weight excluding hydrogens is 248 g/mol. The van der Waals surface area contributed by atoms with Crippen LogP contribution in [0.25, 0.3) is 0 Å². The highest BCUT2D eigenvalue weighted by Crippen LogP contribution is 2.14. The van der Waals surface area contributed by atoms with Crippen molar-refractivity contribution in [2.45, 2.75) is 97.0 Å². The average molecular weight is 286 g/mol. The number of hydrogen-bond donors (Lipinski definition) is 0. The van der Waals surface area contributed by atoms with Crippen LogP contribution < -0.4 is 0 Å². The summed E-state index contributed by atoms with van der Waals surface area (Å²) in [5.41, 5.74) is 0. The van der Waals surface area contributed by atoms with Crippen molar-refractivity contribution in [2.24, 2.45) is 0 Å². The van der Waals surface area contributed by atoms with Crippen molar-refractivity contribution in [1.82, 2.24) is 0 Å². The smallest absolute Gasteiger partial charge is 0.0572 e. The van der Waals surface area contributed by atoms with Gasteiger partial charge in [-0.25, -0.2) is 0 Å². The van der Waals surface area contributed by atoms with Gasteiger partial charge in [0.15, 0.2) is 0 Å². The van der Waals surface area contributed by atoms with E-state index >= 15 is 0 Å². The molecule has 0 N–H and O–H groups in total. The first kappa shape index (κ1) is 19.9. The number of methoxy groups -OCH3 is 1. The fraction of sp³-hybridized carbons (Fsp3) is 1.00. The highest BCUT2D eigenvalue weighted by atomic mass is 16.5. The third-order valence-corrected chi connectivity index (χ3v) is 3.92. The average Bonchev–Trinajstić information content (AvgIpc) is 2.47. The molecule has 2 heteroatoms. The van der Waals surface area contributed by atoms with Crippen LogP contribution >= 0.6 is 0 Å². The summed E-state index contributed by atoms with van der Waals surface area (Å²) >= 11 is 0. The molecule has 0 rings (SSSR count). The summed E-state index contributed by atoms with van der Waals surface area (Å²) in [5.74, 6) is 0. The Morgan fingerprint density at radius 3 is 1.85 bits per heavy atom. The SMILES string of the molecule is CCCCCCCCCC(CCCOCCCC)OC. The molecule has 0 amide bonds. The monoisotopic (exact) mass is 286 g/mol. The lowest BCUT2D eigenvalue weighted by Crippen LogP contribution is -2.11. The molecule has 0 spiro atoms. The number of unbranched alkanes of at least 4 members (excludes halogenated alkanes) is 7. The second-order valence-electron chi connectivity index (χ2n) is 5.88. The van der Waals surface area contributed by atoms with Gasteiger partial charge in [0.05, 0.1) is 6.10 Å². The van der Waals surface area contributed by atoms with Crippen molar-refractivity contribution in [2.75, 3.05) is 20.3 Å². The van der Waals surface area contributed by atoms with Crippen molar-refractivity contribution in [3.63, 3.8) is 0 Å². The maximum atomic E-state index is 5.59. The first-order valence-electron chi connectivity index (χ1n) is 8.95. The maximum absolute atomic E-state index is 5.59. The molecule has 0 aliphatic carbocycles. The molecule has 0 fully saturated rings. The second-order valence-corrected chi connectivity index (χ2v) is 5.88. The molecule has 0 radical (unpaired) electrons. The lowest BCUT2D eigenvalue weighted by Gasteiger charge is -2.15. The van der Waals surface area contributed by atoms with E-state index in [-0.39, 0.29) is 0 Å². The Kier molecular flexibility index (Phi) is 16.9. The van der Waals surface area contributed by atoms with Gasteiger partial charge in [-0.15, -0.1) is 0 Å². The van der Waals surface area contributed by atoms with Gasteiger partial charge in [0.1, 0.15) is 0 Å². The van der Waals surface area contributed by atoms with Crippen molar-refractivity contribution in [1.29, 1.82) is 0 Å². The third kappa shape index (κ3) is 14.3. The lowest BCUT2D eigenvalue weighted by atomic mass is 10.0. The molecule has 122 valence electrons. The predicted octanol–water partition coefficient (Wildman–Crippen LogP) is 5.74. The number of rotatable bonds is 16. The summed E-state index contributed by atoms with van der Waals surface area (Å²) in [7, 11) is 1.85. The molecule has 0 aromatic carbocycles. The van der Waals surface area contributed by atoms with Crippen molar-refractivity contribution >= 4 is 0 Å². The summed E-state index contributed by atoms with van der Waals surface area (Å²) in [6, 6.07) is 0. The number of hydrogen-bond acceptors (Lipinski definition) is 2. The Morgan fingerprint density at radius 2 is 1.20 bits per heavy atom. The van der Waals surface area contributed by atoms with Crippen LogP contribution in [-0.2, 0) is 9.47 Å². The van der Waals surface area contributed by atoms with E-state index in [9.17, 15) is 0 Å². The first-order valence-corrected chi connectivity index (χ1v) is 8.95. The van der Waals surface area contributed by atoms with E-state index in [1.54, 1.807) is 0 Å². The Bertz CT molecular complexity index is 171. The van der Waals surface area contributed by atoms with Crippen LogP contribution in [0, 0.1) is 0 Å². The van der Waals surface area contributed by atoms with Gasteiger partial charge in [0.25, 0.3) is 0 Å². The van der Waals surface area contributed by atoms with E-state index in [0.29, 0.717) is 6.10 Å². The van der Waals surface area contributed by atoms with Gasteiger partial charge in [-0.1, -0.05) is 65.2 Å². The zero-order valence-electron chi connectivity index (χ0n) is 14.3. The molecule has 0 bridgehead atoms. The molecule has 0 aromatic heterocycles. The summed E-state index contributed by atoms with van der Waals surface area (Å²) in [5, 5.41) is 0. The van der Waals surface area contributed by atoms with Gasteiger partial charge in [-0.05, 0) is 25.7 Å². The Labute approximate surface area is 127 Å². The van der Waals surface area contributed by atoms with Crippen LogP contribution in [0.2, 0.25) is 0 Å². The Morgan fingerprint density at radius 1 is 0.650 bits per heavy atom. The molecule has 0 heterocycles. The van der Waals surface area contributed by atoms with Gasteiger partial charge in [-0.2, -0.15) is 0 Å². The van der Waals surface area contributed by atoms with Crippen LogP contribution in [0.15, 0.2) is 0 Å². The van der Waals surface area contributed by atoms with Gasteiger partial charge < -0.3 is 9.47 Å². The minimum Gasteiger partial charge on any atom is -0.381 e. The van der Waals surface area contributed by atoms with Gasteiger partial charge in [0, 0.05) is 20.3 Å². The largest absolute Gasteiger partial charge is 0.381 e. The summed E-state index contributed by atoms with van der Waals surface area (Å²) < 4.78 is 11.2. The highest BCUT2D eigenvalue weighted by Gasteiger charge is 2.06. The van der Waals surface area contributed by atoms with Crippen LogP contribution in [0.4, 0.5) is 0 Å². The molecule has 0 aromatic rings. The minimum absolute atomic E-state index is 0.445. The molecule has 0 saturated heterocycles. The standard InChI is InChI=1S/C18H38O2/c1-4-6-8-9-10-11-12-14-18(19-3)15-13-17-20-16-7-5-2/h18H,4-17H2,1-3H3. The van der Waals surface area contributed by atoms with Crippen molar-refractivity contribution in [3.8, 4) is 0 Å². The van der Waals surface area contributed by atoms with Gasteiger partial charge in [0.2, 0.25) is 0 Å². The lowest BCUT2D eigenvalue weighted by molar-refractivity contribution is 0.0671. The van der Waals surface area contributed by atoms with Crippen LogP contribution in [0.5, 0.6) is 0 Å². The van der Waals surface area contributed by atoms with E-state index in [2.05, 4.69) is 13.8 Å². The first-order chi connectivity index (χ1) is 9.85. The molecule has 2 nitrogen and oxygen atoms in total. The second kappa shape index (κ2) is 17.0. The summed E-state index contributed by atoms with van der Waals surface area (Å²) in [6.45, 7) is 6.30. The molecular formula is C18H38O2. The van der Waals surface area contributed by atoms with Crippen LogP contribution in [-0.4, -0.2) is 26.4 Å². The molecule has 0 saturated carbocycles. The van der Waals surface area contributed by atoms with E-state index < -0.39 is 0 Å². The van der Waals surface area contributed by atoms with Crippen molar-refractivity contribution in [3.05, 3.63) is 0 Å². The Balaban J connectivity index is 3.29. The van der Waals surface area contributed by atoms with E-state index in [4.69, 9.17) is 9.47 Å². The normalized spacial score (nSPS) is 12.8. The predicted molar refractivity (Wildman–Crippen MR) is 88.4 cm³/mol. The zero-order chi connectivity index (χ0) is 14.9. The minimum atomic E-state index is 0.445. The Hall–Kier alpha value is -0.0800. The molecule has 0 aliphatic heterocycles. The molecule has 1 unspecified atom stereocenters.